The van der Waals surface area contributed by atoms with Gasteiger partial charge in [0.1, 0.15) is 0 Å². The summed E-state index contributed by atoms with van der Waals surface area (Å²) < 4.78 is 4.73. The molecular formula is C7H12O3S. The molecule has 0 aromatic carbocycles. The third kappa shape index (κ3) is 1.87. The molecule has 1 heterocycles. The topological polar surface area (TPSA) is 46.5 Å². The highest BCUT2D eigenvalue weighted by Crippen LogP contribution is 2.28. The molecule has 1 N–H and O–H groups in total. The Balaban J connectivity index is 2.49. The lowest BCUT2D eigenvalue weighted by molar-refractivity contribution is -0.162. The predicted molar refractivity (Wildman–Crippen MR) is 43.5 cm³/mol. The molecule has 1 aliphatic heterocycles. The smallest absolute Gasteiger partial charge is 0.339 e. The predicted octanol–water partition coefficient (Wildman–Crippen LogP) is 0.417. The van der Waals surface area contributed by atoms with Crippen LogP contribution in [0.15, 0.2) is 0 Å². The quantitative estimate of drug-likeness (QED) is 0.619. The minimum absolute atomic E-state index is 0.339. The van der Waals surface area contributed by atoms with Crippen LogP contribution in [0.5, 0.6) is 0 Å². The minimum atomic E-state index is -1.19. The first kappa shape index (κ1) is 8.87. The Labute approximate surface area is 70.1 Å². The zero-order valence-electron chi connectivity index (χ0n) is 6.50. The van der Waals surface area contributed by atoms with Crippen molar-refractivity contribution in [2.75, 3.05) is 18.1 Å². The number of rotatable bonds is 2. The Bertz CT molecular complexity index is 152. The average Bonchev–Trinajstić information content (AvgIpc) is 2.38. The lowest BCUT2D eigenvalue weighted by Gasteiger charge is -2.17. The van der Waals surface area contributed by atoms with Crippen LogP contribution in [-0.2, 0) is 9.53 Å². The van der Waals surface area contributed by atoms with Crippen LogP contribution in [0.4, 0.5) is 0 Å². The summed E-state index contributed by atoms with van der Waals surface area (Å²) in [6.07, 6.45) is 0.524. The Morgan fingerprint density at radius 2 is 2.55 bits per heavy atom. The highest BCUT2D eigenvalue weighted by Gasteiger charge is 2.40. The number of thioether (sulfide) groups is 1. The zero-order valence-corrected chi connectivity index (χ0v) is 7.32. The van der Waals surface area contributed by atoms with Gasteiger partial charge in [-0.15, -0.1) is 0 Å². The Kier molecular flexibility index (Phi) is 2.78. The maximum atomic E-state index is 11.1. The van der Waals surface area contributed by atoms with Crippen molar-refractivity contribution in [3.05, 3.63) is 0 Å². The first-order valence-corrected chi connectivity index (χ1v) is 4.82. The van der Waals surface area contributed by atoms with E-state index in [1.54, 1.807) is 18.7 Å². The van der Waals surface area contributed by atoms with Gasteiger partial charge < -0.3 is 9.84 Å². The van der Waals surface area contributed by atoms with Gasteiger partial charge >= 0.3 is 5.97 Å². The number of ether oxygens (including phenoxy) is 1. The van der Waals surface area contributed by atoms with Gasteiger partial charge in [0.2, 0.25) is 0 Å². The van der Waals surface area contributed by atoms with Crippen molar-refractivity contribution in [3.8, 4) is 0 Å². The second-order valence-electron chi connectivity index (χ2n) is 2.55. The Hall–Kier alpha value is -0.220. The van der Waals surface area contributed by atoms with E-state index in [2.05, 4.69) is 0 Å². The van der Waals surface area contributed by atoms with Crippen molar-refractivity contribution in [1.82, 2.24) is 0 Å². The van der Waals surface area contributed by atoms with Gasteiger partial charge in [-0.05, 0) is 19.1 Å². The van der Waals surface area contributed by atoms with Crippen LogP contribution in [0, 0.1) is 0 Å². The van der Waals surface area contributed by atoms with E-state index in [-0.39, 0.29) is 0 Å². The molecule has 0 spiro atoms. The molecule has 3 nitrogen and oxygen atoms in total. The second kappa shape index (κ2) is 3.45. The molecular weight excluding hydrogens is 164 g/mol. The van der Waals surface area contributed by atoms with Crippen LogP contribution < -0.4 is 0 Å². The molecule has 11 heavy (non-hydrogen) atoms. The maximum Gasteiger partial charge on any atom is 0.339 e. The lowest BCUT2D eigenvalue weighted by Crippen LogP contribution is -2.39. The van der Waals surface area contributed by atoms with Crippen molar-refractivity contribution >= 4 is 17.7 Å². The summed E-state index contributed by atoms with van der Waals surface area (Å²) in [6, 6.07) is 0. The summed E-state index contributed by atoms with van der Waals surface area (Å²) >= 11 is 1.58. The molecule has 1 saturated heterocycles. The van der Waals surface area contributed by atoms with Crippen molar-refractivity contribution in [1.29, 1.82) is 0 Å². The number of esters is 1. The van der Waals surface area contributed by atoms with Crippen molar-refractivity contribution < 1.29 is 14.6 Å². The summed E-state index contributed by atoms with van der Waals surface area (Å²) in [4.78, 5) is 11.1. The van der Waals surface area contributed by atoms with Crippen LogP contribution >= 0.6 is 11.8 Å². The van der Waals surface area contributed by atoms with Gasteiger partial charge in [-0.1, -0.05) is 0 Å². The largest absolute Gasteiger partial charge is 0.464 e. The van der Waals surface area contributed by atoms with E-state index in [1.165, 1.54) is 0 Å². The number of aliphatic hydroxyl groups is 1. The molecule has 1 rings (SSSR count). The summed E-state index contributed by atoms with van der Waals surface area (Å²) in [5.74, 6) is 0.853. The molecule has 0 radical (unpaired) electrons. The molecule has 0 unspecified atom stereocenters. The summed E-state index contributed by atoms with van der Waals surface area (Å²) in [5.41, 5.74) is -1.19. The fourth-order valence-corrected chi connectivity index (χ4v) is 2.21. The van der Waals surface area contributed by atoms with Gasteiger partial charge in [0.15, 0.2) is 5.60 Å². The van der Waals surface area contributed by atoms with Crippen LogP contribution in [0.1, 0.15) is 13.3 Å². The third-order valence-corrected chi connectivity index (χ3v) is 2.83. The van der Waals surface area contributed by atoms with E-state index in [0.29, 0.717) is 18.8 Å². The Morgan fingerprint density at radius 3 is 3.00 bits per heavy atom. The van der Waals surface area contributed by atoms with Gasteiger partial charge in [0.25, 0.3) is 0 Å². The molecule has 0 aliphatic carbocycles. The van der Waals surface area contributed by atoms with E-state index in [4.69, 9.17) is 4.74 Å². The molecule has 0 aromatic rings. The molecule has 0 saturated carbocycles. The maximum absolute atomic E-state index is 11.1. The van der Waals surface area contributed by atoms with E-state index in [1.807, 2.05) is 0 Å². The lowest BCUT2D eigenvalue weighted by atomic mass is 10.1. The number of carbonyl (C=O) groups is 1. The molecule has 0 amide bonds. The number of hydrogen-bond acceptors (Lipinski definition) is 4. The summed E-state index contributed by atoms with van der Waals surface area (Å²) in [5, 5.41) is 9.60. The van der Waals surface area contributed by atoms with Crippen LogP contribution in [0.25, 0.3) is 0 Å². The standard InChI is InChI=1S/C7H12O3S/c1-2-10-6(8)7(9)3-4-11-5-7/h9H,2-5H2,1H3/t7-/m1/s1. The highest BCUT2D eigenvalue weighted by molar-refractivity contribution is 7.99. The third-order valence-electron chi connectivity index (χ3n) is 1.66. The monoisotopic (exact) mass is 176 g/mol. The first-order chi connectivity index (χ1) is 5.19. The molecule has 64 valence electrons. The number of hydrogen-bond donors (Lipinski definition) is 1. The molecule has 1 atom stereocenters. The van der Waals surface area contributed by atoms with E-state index >= 15 is 0 Å². The fraction of sp³-hybridized carbons (Fsp3) is 0.857. The van der Waals surface area contributed by atoms with E-state index < -0.39 is 11.6 Å². The van der Waals surface area contributed by atoms with E-state index in [0.717, 1.165) is 5.75 Å². The number of carbonyl (C=O) groups excluding carboxylic acids is 1. The highest BCUT2D eigenvalue weighted by atomic mass is 32.2. The second-order valence-corrected chi connectivity index (χ2v) is 3.66. The Morgan fingerprint density at radius 1 is 1.82 bits per heavy atom. The SMILES string of the molecule is CCOC(=O)[C@@]1(O)CCSC1. The van der Waals surface area contributed by atoms with Crippen molar-refractivity contribution in [2.45, 2.75) is 18.9 Å². The summed E-state index contributed by atoms with van der Waals surface area (Å²) in [6.45, 7) is 2.08. The van der Waals surface area contributed by atoms with Gasteiger partial charge in [-0.25, -0.2) is 4.79 Å². The molecule has 0 bridgehead atoms. The van der Waals surface area contributed by atoms with Crippen molar-refractivity contribution in [2.24, 2.45) is 0 Å². The molecule has 0 aromatic heterocycles. The fourth-order valence-electron chi connectivity index (χ4n) is 0.981. The van der Waals surface area contributed by atoms with Crippen LogP contribution in [-0.4, -0.2) is 34.8 Å². The van der Waals surface area contributed by atoms with Crippen molar-refractivity contribution in [3.63, 3.8) is 0 Å². The van der Waals surface area contributed by atoms with Crippen LogP contribution in [0.2, 0.25) is 0 Å². The first-order valence-electron chi connectivity index (χ1n) is 3.66. The van der Waals surface area contributed by atoms with E-state index in [9.17, 15) is 9.90 Å². The van der Waals surface area contributed by atoms with Gasteiger partial charge in [-0.3, -0.25) is 0 Å². The zero-order chi connectivity index (χ0) is 8.32. The van der Waals surface area contributed by atoms with Crippen LogP contribution in [0.3, 0.4) is 0 Å². The average molecular weight is 176 g/mol. The van der Waals surface area contributed by atoms with Gasteiger partial charge in [0, 0.05) is 5.75 Å². The molecule has 4 heteroatoms. The normalized spacial score (nSPS) is 30.4. The van der Waals surface area contributed by atoms with Gasteiger partial charge in [0.05, 0.1) is 6.61 Å². The summed E-state index contributed by atoms with van der Waals surface area (Å²) in [7, 11) is 0. The molecule has 1 aliphatic rings. The molecule has 1 fully saturated rings. The van der Waals surface area contributed by atoms with Gasteiger partial charge in [-0.2, -0.15) is 11.8 Å². The minimum Gasteiger partial charge on any atom is -0.464 e.